The van der Waals surface area contributed by atoms with E-state index in [1.54, 1.807) is 42.5 Å². The summed E-state index contributed by atoms with van der Waals surface area (Å²) in [4.78, 5) is 28.3. The number of nitrogens with one attached hydrogen (secondary N) is 1. The van der Waals surface area contributed by atoms with Gasteiger partial charge in [0.25, 0.3) is 0 Å². The molecule has 8 nitrogen and oxygen atoms in total. The molecule has 0 aliphatic rings. The van der Waals surface area contributed by atoms with E-state index in [-0.39, 0.29) is 12.5 Å². The lowest BCUT2D eigenvalue weighted by Gasteiger charge is -2.19. The molecule has 1 heterocycles. The molecule has 0 saturated carbocycles. The monoisotopic (exact) mass is 543 g/mol. The number of pyridine rings is 1. The van der Waals surface area contributed by atoms with Crippen LogP contribution in [0.3, 0.4) is 0 Å². The fraction of sp³-hybridized carbons (Fsp3) is 0.516. The highest BCUT2D eigenvalue weighted by Gasteiger charge is 2.15. The van der Waals surface area contributed by atoms with Crippen LogP contribution in [0.25, 0.3) is 0 Å². The molecular formula is C31H49N3O5. The molecule has 1 aromatic heterocycles. The van der Waals surface area contributed by atoms with E-state index in [0.717, 1.165) is 17.9 Å². The first kappa shape index (κ1) is 35.8. The lowest BCUT2D eigenvalue weighted by molar-refractivity contribution is -0.153. The van der Waals surface area contributed by atoms with Crippen molar-refractivity contribution in [2.75, 3.05) is 19.7 Å². The molecule has 218 valence electrons. The molecule has 2 rings (SSSR count). The van der Waals surface area contributed by atoms with E-state index in [0.29, 0.717) is 31.0 Å². The molecule has 3 N–H and O–H groups in total. The van der Waals surface area contributed by atoms with Crippen LogP contribution in [0.4, 0.5) is 0 Å². The number of nitrogens with two attached hydrogens (primary N) is 1. The normalized spacial score (nSPS) is 10.2. The molecule has 0 saturated heterocycles. The molecule has 0 fully saturated rings. The number of unbranched alkanes of at least 4 members (excludes halogenated alkanes) is 4. The molecule has 1 aromatic carbocycles. The van der Waals surface area contributed by atoms with Crippen molar-refractivity contribution >= 4 is 11.9 Å². The Labute approximate surface area is 235 Å². The van der Waals surface area contributed by atoms with E-state index >= 15 is 0 Å². The van der Waals surface area contributed by atoms with Crippen molar-refractivity contribution in [3.8, 4) is 11.5 Å². The summed E-state index contributed by atoms with van der Waals surface area (Å²) in [5.41, 5.74) is 5.56. The summed E-state index contributed by atoms with van der Waals surface area (Å²) in [5, 5.41) is 2.99. The Bertz CT molecular complexity index is 923. The van der Waals surface area contributed by atoms with Crippen molar-refractivity contribution in [2.45, 2.75) is 85.8 Å². The van der Waals surface area contributed by atoms with Crippen LogP contribution in [-0.2, 0) is 16.1 Å². The zero-order chi connectivity index (χ0) is 29.5. The van der Waals surface area contributed by atoms with Gasteiger partial charge in [-0.05, 0) is 63.6 Å². The number of rotatable bonds is 14. The number of ether oxygens (including phenoxy) is 3. The zero-order valence-electron chi connectivity index (χ0n) is 24.8. The standard InChI is InChI=1S/C26H36N2O5.C3H7N.C2H6/c1-5-6-7-8-9-16-31-22-13-10-20(11-14-22)25(30)32-23-15-12-21(28-18-23)17-27-19-24(29)33-26(2,3)4;1-2-3-4;1-2/h10-15,18,27H,5-9,16-17,19H2,1-4H3;2H,1,3-4H2;1-2H3. The topological polar surface area (TPSA) is 113 Å². The van der Waals surface area contributed by atoms with Crippen molar-refractivity contribution in [1.29, 1.82) is 0 Å². The second kappa shape index (κ2) is 21.7. The van der Waals surface area contributed by atoms with Gasteiger partial charge >= 0.3 is 11.9 Å². The smallest absolute Gasteiger partial charge is 0.343 e. The minimum absolute atomic E-state index is 0.0915. The Morgan fingerprint density at radius 3 is 2.15 bits per heavy atom. The van der Waals surface area contributed by atoms with E-state index in [2.05, 4.69) is 23.8 Å². The molecule has 2 aromatic rings. The number of nitrogens with zero attached hydrogens (tertiary/aromatic N) is 1. The first-order valence-corrected chi connectivity index (χ1v) is 13.8. The number of carbonyl (C=O) groups is 2. The molecular weight excluding hydrogens is 494 g/mol. The number of aromatic nitrogens is 1. The first-order chi connectivity index (χ1) is 18.7. The minimum Gasteiger partial charge on any atom is -0.494 e. The molecule has 0 unspecified atom stereocenters. The molecule has 0 atom stereocenters. The van der Waals surface area contributed by atoms with Crippen molar-refractivity contribution < 1.29 is 23.8 Å². The van der Waals surface area contributed by atoms with E-state index in [4.69, 9.17) is 19.9 Å². The Hall–Kier alpha value is -3.23. The third-order valence-corrected chi connectivity index (χ3v) is 4.78. The average Bonchev–Trinajstić information content (AvgIpc) is 2.92. The van der Waals surface area contributed by atoms with Crippen LogP contribution in [0, 0.1) is 0 Å². The average molecular weight is 544 g/mol. The summed E-state index contributed by atoms with van der Waals surface area (Å²) in [6, 6.07) is 10.3. The van der Waals surface area contributed by atoms with E-state index in [9.17, 15) is 9.59 Å². The Morgan fingerprint density at radius 2 is 1.62 bits per heavy atom. The van der Waals surface area contributed by atoms with Crippen LogP contribution in [0.2, 0.25) is 0 Å². The summed E-state index contributed by atoms with van der Waals surface area (Å²) in [6.45, 7) is 16.8. The zero-order valence-corrected chi connectivity index (χ0v) is 24.8. The maximum absolute atomic E-state index is 12.4. The minimum atomic E-state index is -0.510. The number of hydrogen-bond donors (Lipinski definition) is 2. The summed E-state index contributed by atoms with van der Waals surface area (Å²) in [5.74, 6) is 0.311. The largest absolute Gasteiger partial charge is 0.494 e. The van der Waals surface area contributed by atoms with Crippen LogP contribution in [0.1, 0.15) is 89.7 Å². The summed E-state index contributed by atoms with van der Waals surface area (Å²) in [6.07, 6.45) is 9.07. The SMILES string of the molecule is C=CCN.CC.CCCCCCCOc1ccc(C(=O)Oc2ccc(CNCC(=O)OC(C)(C)C)nc2)cc1. The van der Waals surface area contributed by atoms with Crippen LogP contribution in [-0.4, -0.2) is 42.2 Å². The second-order valence-corrected chi connectivity index (χ2v) is 9.38. The van der Waals surface area contributed by atoms with Gasteiger partial charge in [-0.2, -0.15) is 0 Å². The molecule has 8 heteroatoms. The van der Waals surface area contributed by atoms with Gasteiger partial charge in [0.2, 0.25) is 0 Å². The Kier molecular flexibility index (Phi) is 19.9. The van der Waals surface area contributed by atoms with Gasteiger partial charge in [-0.25, -0.2) is 4.79 Å². The number of benzene rings is 1. The van der Waals surface area contributed by atoms with E-state index in [1.165, 1.54) is 31.9 Å². The lowest BCUT2D eigenvalue weighted by atomic mass is 10.2. The van der Waals surface area contributed by atoms with Gasteiger partial charge in [-0.3, -0.25) is 9.78 Å². The summed E-state index contributed by atoms with van der Waals surface area (Å²) in [7, 11) is 0. The predicted octanol–water partition coefficient (Wildman–Crippen LogP) is 6.24. The van der Waals surface area contributed by atoms with Crippen LogP contribution in [0.15, 0.2) is 55.3 Å². The molecule has 0 bridgehead atoms. The Balaban J connectivity index is 0.00000220. The van der Waals surface area contributed by atoms with Gasteiger partial charge in [-0.1, -0.05) is 52.5 Å². The predicted molar refractivity (Wildman–Crippen MR) is 158 cm³/mol. The molecule has 0 aliphatic carbocycles. The van der Waals surface area contributed by atoms with Gasteiger partial charge in [0, 0.05) is 13.1 Å². The summed E-state index contributed by atoms with van der Waals surface area (Å²) >= 11 is 0. The van der Waals surface area contributed by atoms with Gasteiger partial charge in [0.1, 0.15) is 17.1 Å². The molecule has 0 spiro atoms. The highest BCUT2D eigenvalue weighted by atomic mass is 16.6. The maximum Gasteiger partial charge on any atom is 0.343 e. The van der Waals surface area contributed by atoms with Gasteiger partial charge in [0.05, 0.1) is 30.6 Å². The van der Waals surface area contributed by atoms with Crippen molar-refractivity contribution in [2.24, 2.45) is 5.73 Å². The van der Waals surface area contributed by atoms with Crippen molar-refractivity contribution in [3.05, 3.63) is 66.5 Å². The van der Waals surface area contributed by atoms with Gasteiger partial charge < -0.3 is 25.3 Å². The molecule has 0 radical (unpaired) electrons. The van der Waals surface area contributed by atoms with Crippen LogP contribution in [0.5, 0.6) is 11.5 Å². The van der Waals surface area contributed by atoms with Crippen LogP contribution >= 0.6 is 0 Å². The fourth-order valence-electron chi connectivity index (χ4n) is 2.99. The van der Waals surface area contributed by atoms with Gasteiger partial charge in [0.15, 0.2) is 0 Å². The molecule has 0 amide bonds. The fourth-order valence-corrected chi connectivity index (χ4v) is 2.99. The van der Waals surface area contributed by atoms with Crippen LogP contribution < -0.4 is 20.5 Å². The van der Waals surface area contributed by atoms with E-state index in [1.807, 2.05) is 34.6 Å². The maximum atomic E-state index is 12.4. The van der Waals surface area contributed by atoms with Crippen molar-refractivity contribution in [1.82, 2.24) is 10.3 Å². The third kappa shape index (κ3) is 18.6. The molecule has 0 aliphatic heterocycles. The summed E-state index contributed by atoms with van der Waals surface area (Å²) < 4.78 is 16.4. The Morgan fingerprint density at radius 1 is 1.00 bits per heavy atom. The highest BCUT2D eigenvalue weighted by Crippen LogP contribution is 2.16. The second-order valence-electron chi connectivity index (χ2n) is 9.38. The highest BCUT2D eigenvalue weighted by molar-refractivity contribution is 5.91. The number of carbonyl (C=O) groups excluding carboxylic acids is 2. The first-order valence-electron chi connectivity index (χ1n) is 13.8. The van der Waals surface area contributed by atoms with Gasteiger partial charge in [-0.15, -0.1) is 6.58 Å². The quantitative estimate of drug-likeness (QED) is 0.164. The number of esters is 2. The number of hydrogen-bond acceptors (Lipinski definition) is 8. The van der Waals surface area contributed by atoms with E-state index < -0.39 is 11.6 Å². The molecule has 39 heavy (non-hydrogen) atoms. The lowest BCUT2D eigenvalue weighted by Crippen LogP contribution is -2.31. The van der Waals surface area contributed by atoms with Crippen molar-refractivity contribution in [3.63, 3.8) is 0 Å². The third-order valence-electron chi connectivity index (χ3n) is 4.78.